The molecule has 1 aromatic rings. The maximum absolute atomic E-state index is 12.3. The number of amides is 1. The number of aromatic nitrogens is 2. The van der Waals surface area contributed by atoms with Crippen LogP contribution in [0.2, 0.25) is 0 Å². The molecule has 6 heteroatoms. The summed E-state index contributed by atoms with van der Waals surface area (Å²) in [6, 6.07) is 1.70. The summed E-state index contributed by atoms with van der Waals surface area (Å²) >= 11 is 0. The SMILES string of the molecule is COC(=O)C1(NC(=O)c2cc(C)nn2C)CCCC1. The summed E-state index contributed by atoms with van der Waals surface area (Å²) in [6.45, 7) is 1.82. The molecule has 0 aliphatic heterocycles. The van der Waals surface area contributed by atoms with Crippen LogP contribution in [0.15, 0.2) is 6.07 Å². The van der Waals surface area contributed by atoms with Gasteiger partial charge >= 0.3 is 5.97 Å². The summed E-state index contributed by atoms with van der Waals surface area (Å²) in [6.07, 6.45) is 3.09. The van der Waals surface area contributed by atoms with Gasteiger partial charge in [0.25, 0.3) is 5.91 Å². The number of carbonyl (C=O) groups excluding carboxylic acids is 2. The Bertz CT molecular complexity index is 501. The van der Waals surface area contributed by atoms with Gasteiger partial charge in [0, 0.05) is 7.05 Å². The van der Waals surface area contributed by atoms with E-state index in [9.17, 15) is 9.59 Å². The topological polar surface area (TPSA) is 73.2 Å². The minimum atomic E-state index is -0.871. The van der Waals surface area contributed by atoms with Crippen LogP contribution in [0.3, 0.4) is 0 Å². The van der Waals surface area contributed by atoms with Crippen molar-refractivity contribution in [2.45, 2.75) is 38.1 Å². The van der Waals surface area contributed by atoms with Gasteiger partial charge in [-0.3, -0.25) is 9.48 Å². The molecule has 6 nitrogen and oxygen atoms in total. The fraction of sp³-hybridized carbons (Fsp3) is 0.615. The van der Waals surface area contributed by atoms with Crippen molar-refractivity contribution in [1.82, 2.24) is 15.1 Å². The Kier molecular flexibility index (Phi) is 3.59. The molecule has 0 atom stereocenters. The Morgan fingerprint density at radius 3 is 2.53 bits per heavy atom. The van der Waals surface area contributed by atoms with Crippen molar-refractivity contribution in [3.63, 3.8) is 0 Å². The molecule has 19 heavy (non-hydrogen) atoms. The Balaban J connectivity index is 2.21. The summed E-state index contributed by atoms with van der Waals surface area (Å²) in [7, 11) is 3.06. The highest BCUT2D eigenvalue weighted by Crippen LogP contribution is 2.31. The first-order chi connectivity index (χ1) is 8.98. The number of methoxy groups -OCH3 is 1. The average molecular weight is 265 g/mol. The number of rotatable bonds is 3. The van der Waals surface area contributed by atoms with Crippen LogP contribution in [0.1, 0.15) is 41.9 Å². The van der Waals surface area contributed by atoms with E-state index in [4.69, 9.17) is 4.74 Å². The second-order valence-electron chi connectivity index (χ2n) is 5.03. The molecular weight excluding hydrogens is 246 g/mol. The van der Waals surface area contributed by atoms with Crippen LogP contribution < -0.4 is 5.32 Å². The maximum atomic E-state index is 12.3. The number of hydrogen-bond acceptors (Lipinski definition) is 4. The molecular formula is C13H19N3O3. The van der Waals surface area contributed by atoms with Crippen LogP contribution in [0.5, 0.6) is 0 Å². The van der Waals surface area contributed by atoms with Crippen molar-refractivity contribution >= 4 is 11.9 Å². The lowest BCUT2D eigenvalue weighted by Crippen LogP contribution is -2.53. The zero-order valence-corrected chi connectivity index (χ0v) is 11.5. The molecule has 0 aromatic carbocycles. The first-order valence-electron chi connectivity index (χ1n) is 6.40. The highest BCUT2D eigenvalue weighted by molar-refractivity contribution is 5.97. The quantitative estimate of drug-likeness (QED) is 0.826. The van der Waals surface area contributed by atoms with Crippen LogP contribution >= 0.6 is 0 Å². The fourth-order valence-electron chi connectivity index (χ4n) is 2.66. The Hall–Kier alpha value is -1.85. The van der Waals surface area contributed by atoms with Crippen LogP contribution in [0, 0.1) is 6.92 Å². The summed E-state index contributed by atoms with van der Waals surface area (Å²) in [5.74, 6) is -0.646. The second-order valence-corrected chi connectivity index (χ2v) is 5.03. The smallest absolute Gasteiger partial charge is 0.331 e. The minimum absolute atomic E-state index is 0.282. The van der Waals surface area contributed by atoms with Crippen molar-refractivity contribution in [2.24, 2.45) is 7.05 Å². The van der Waals surface area contributed by atoms with Gasteiger partial charge in [-0.15, -0.1) is 0 Å². The third-order valence-corrected chi connectivity index (χ3v) is 3.62. The molecule has 2 rings (SSSR count). The fourth-order valence-corrected chi connectivity index (χ4v) is 2.66. The number of nitrogens with one attached hydrogen (secondary N) is 1. The van der Waals surface area contributed by atoms with Crippen LogP contribution in [-0.2, 0) is 16.6 Å². The van der Waals surface area contributed by atoms with Crippen molar-refractivity contribution in [2.75, 3.05) is 7.11 Å². The zero-order valence-electron chi connectivity index (χ0n) is 11.5. The molecule has 1 fully saturated rings. The number of aryl methyl sites for hydroxylation is 2. The molecule has 1 N–H and O–H groups in total. The first kappa shape index (κ1) is 13.6. The Morgan fingerprint density at radius 2 is 2.05 bits per heavy atom. The normalized spacial score (nSPS) is 17.2. The van der Waals surface area contributed by atoms with E-state index in [2.05, 4.69) is 10.4 Å². The molecule has 0 bridgehead atoms. The largest absolute Gasteiger partial charge is 0.467 e. The Morgan fingerprint density at radius 1 is 1.42 bits per heavy atom. The van der Waals surface area contributed by atoms with Gasteiger partial charge in [-0.25, -0.2) is 4.79 Å². The number of ether oxygens (including phenoxy) is 1. The van der Waals surface area contributed by atoms with Gasteiger partial charge in [0.1, 0.15) is 11.2 Å². The second kappa shape index (κ2) is 5.03. The van der Waals surface area contributed by atoms with Gasteiger partial charge in [-0.1, -0.05) is 12.8 Å². The molecule has 0 saturated heterocycles. The first-order valence-corrected chi connectivity index (χ1v) is 6.40. The molecule has 1 amide bonds. The molecule has 1 aromatic heterocycles. The highest BCUT2D eigenvalue weighted by Gasteiger charge is 2.44. The monoisotopic (exact) mass is 265 g/mol. The number of carbonyl (C=O) groups is 2. The highest BCUT2D eigenvalue weighted by atomic mass is 16.5. The van der Waals surface area contributed by atoms with Crippen molar-refractivity contribution in [3.05, 3.63) is 17.5 Å². The third-order valence-electron chi connectivity index (χ3n) is 3.62. The van der Waals surface area contributed by atoms with Crippen molar-refractivity contribution in [1.29, 1.82) is 0 Å². The molecule has 1 aliphatic carbocycles. The standard InChI is InChI=1S/C13H19N3O3/c1-9-8-10(16(2)15-9)11(17)14-13(12(18)19-3)6-4-5-7-13/h8H,4-7H2,1-3H3,(H,14,17). The third kappa shape index (κ3) is 2.47. The van der Waals surface area contributed by atoms with E-state index in [0.717, 1.165) is 18.5 Å². The van der Waals surface area contributed by atoms with Crippen molar-refractivity contribution in [3.8, 4) is 0 Å². The van der Waals surface area contributed by atoms with E-state index >= 15 is 0 Å². The summed E-state index contributed by atoms with van der Waals surface area (Å²) in [4.78, 5) is 24.2. The molecule has 1 aliphatic rings. The summed E-state index contributed by atoms with van der Waals surface area (Å²) < 4.78 is 6.35. The number of hydrogen-bond donors (Lipinski definition) is 1. The van der Waals surface area contributed by atoms with E-state index in [1.807, 2.05) is 6.92 Å². The van der Waals surface area contributed by atoms with Gasteiger partial charge in [-0.05, 0) is 25.8 Å². The van der Waals surface area contributed by atoms with Gasteiger partial charge in [0.15, 0.2) is 0 Å². The summed E-state index contributed by atoms with van der Waals surface area (Å²) in [5, 5.41) is 6.97. The molecule has 0 unspecified atom stereocenters. The molecule has 0 radical (unpaired) electrons. The molecule has 1 heterocycles. The van der Waals surface area contributed by atoms with E-state index < -0.39 is 5.54 Å². The van der Waals surface area contributed by atoms with Gasteiger partial charge in [-0.2, -0.15) is 5.10 Å². The average Bonchev–Trinajstić information content (AvgIpc) is 2.96. The zero-order chi connectivity index (χ0) is 14.0. The number of esters is 1. The molecule has 1 saturated carbocycles. The predicted octanol–water partition coefficient (Wildman–Crippen LogP) is 0.944. The molecule has 104 valence electrons. The predicted molar refractivity (Wildman–Crippen MR) is 68.6 cm³/mol. The van der Waals surface area contributed by atoms with Gasteiger partial charge < -0.3 is 10.1 Å². The van der Waals surface area contributed by atoms with Crippen LogP contribution in [-0.4, -0.2) is 34.3 Å². The lowest BCUT2D eigenvalue weighted by molar-refractivity contribution is -0.148. The summed E-state index contributed by atoms with van der Waals surface area (Å²) in [5.41, 5.74) is 0.350. The van der Waals surface area contributed by atoms with E-state index in [-0.39, 0.29) is 11.9 Å². The minimum Gasteiger partial charge on any atom is -0.467 e. The van der Waals surface area contributed by atoms with E-state index in [0.29, 0.717) is 18.5 Å². The van der Waals surface area contributed by atoms with Gasteiger partial charge in [0.2, 0.25) is 0 Å². The van der Waals surface area contributed by atoms with Gasteiger partial charge in [0.05, 0.1) is 12.8 Å². The van der Waals surface area contributed by atoms with E-state index in [1.54, 1.807) is 13.1 Å². The molecule has 0 spiro atoms. The number of nitrogens with zero attached hydrogens (tertiary/aromatic N) is 2. The van der Waals surface area contributed by atoms with Crippen LogP contribution in [0.4, 0.5) is 0 Å². The van der Waals surface area contributed by atoms with Crippen molar-refractivity contribution < 1.29 is 14.3 Å². The lowest BCUT2D eigenvalue weighted by atomic mass is 9.97. The van der Waals surface area contributed by atoms with Crippen LogP contribution in [0.25, 0.3) is 0 Å². The van der Waals surface area contributed by atoms with E-state index in [1.165, 1.54) is 11.8 Å². The lowest BCUT2D eigenvalue weighted by Gasteiger charge is -2.27. The maximum Gasteiger partial charge on any atom is 0.331 e. The Labute approximate surface area is 112 Å².